The number of thioether (sulfide) groups is 1. The maximum Gasteiger partial charge on any atom is 0.267 e. The van der Waals surface area contributed by atoms with Gasteiger partial charge in [0, 0.05) is 26.3 Å². The monoisotopic (exact) mass is 490 g/mol. The summed E-state index contributed by atoms with van der Waals surface area (Å²) in [6.07, 6.45) is 6.53. The van der Waals surface area contributed by atoms with Crippen LogP contribution in [0.3, 0.4) is 0 Å². The van der Waals surface area contributed by atoms with Crippen molar-refractivity contribution in [3.63, 3.8) is 0 Å². The Balaban J connectivity index is 1.51. The van der Waals surface area contributed by atoms with Crippen molar-refractivity contribution >= 4 is 51.7 Å². The molecule has 6 nitrogen and oxygen atoms in total. The molecule has 0 atom stereocenters. The topological polar surface area (TPSA) is 57.9 Å². The molecule has 8 heteroatoms. The molecule has 1 aromatic carbocycles. The normalized spacial score (nSPS) is 18.5. The fraction of sp³-hybridized carbons (Fsp3) is 0.308. The minimum absolute atomic E-state index is 0.170. The summed E-state index contributed by atoms with van der Waals surface area (Å²) >= 11 is 6.51. The predicted molar refractivity (Wildman–Crippen MR) is 142 cm³/mol. The van der Waals surface area contributed by atoms with Gasteiger partial charge in [-0.15, -0.1) is 0 Å². The van der Waals surface area contributed by atoms with Crippen molar-refractivity contribution < 1.29 is 4.79 Å². The first-order valence-corrected chi connectivity index (χ1v) is 12.7. The molecule has 2 fully saturated rings. The first-order chi connectivity index (χ1) is 16.4. The van der Waals surface area contributed by atoms with E-state index < -0.39 is 0 Å². The lowest BCUT2D eigenvalue weighted by molar-refractivity contribution is -0.121. The number of carbonyl (C=O) groups excluding carboxylic acids is 1. The van der Waals surface area contributed by atoms with Crippen LogP contribution >= 0.6 is 24.0 Å². The Morgan fingerprint density at radius 1 is 1.12 bits per heavy atom. The molecule has 3 aromatic rings. The third-order valence-electron chi connectivity index (χ3n) is 6.61. The number of aryl methyl sites for hydroxylation is 1. The molecule has 4 heterocycles. The van der Waals surface area contributed by atoms with E-state index in [9.17, 15) is 9.59 Å². The van der Waals surface area contributed by atoms with Gasteiger partial charge < -0.3 is 4.90 Å². The number of piperidine rings is 1. The largest absolute Gasteiger partial charge is 0.356 e. The van der Waals surface area contributed by atoms with Crippen LogP contribution in [-0.2, 0) is 11.2 Å². The fourth-order valence-corrected chi connectivity index (χ4v) is 5.80. The van der Waals surface area contributed by atoms with E-state index >= 15 is 0 Å². The smallest absolute Gasteiger partial charge is 0.267 e. The average molecular weight is 491 g/mol. The number of fused-ring (bicyclic) bond motifs is 1. The minimum atomic E-state index is -0.184. The molecule has 5 rings (SSSR count). The molecule has 174 valence electrons. The third kappa shape index (κ3) is 4.28. The summed E-state index contributed by atoms with van der Waals surface area (Å²) in [7, 11) is 1.66. The fourth-order valence-electron chi connectivity index (χ4n) is 4.64. The zero-order valence-electron chi connectivity index (χ0n) is 19.2. The predicted octanol–water partition coefficient (Wildman–Crippen LogP) is 4.29. The van der Waals surface area contributed by atoms with Gasteiger partial charge in [0.15, 0.2) is 0 Å². The summed E-state index contributed by atoms with van der Waals surface area (Å²) in [4.78, 5) is 35.3. The quantitative estimate of drug-likeness (QED) is 0.402. The number of benzene rings is 1. The Bertz CT molecular complexity index is 1360. The van der Waals surface area contributed by atoms with Crippen molar-refractivity contribution in [1.82, 2.24) is 14.3 Å². The molecule has 0 bridgehead atoms. The summed E-state index contributed by atoms with van der Waals surface area (Å²) in [5.74, 6) is 1.07. The summed E-state index contributed by atoms with van der Waals surface area (Å²) < 4.78 is 2.06. The van der Waals surface area contributed by atoms with E-state index in [4.69, 9.17) is 17.2 Å². The van der Waals surface area contributed by atoms with Gasteiger partial charge in [0.2, 0.25) is 0 Å². The Hall–Kier alpha value is -2.97. The average Bonchev–Trinajstić information content (AvgIpc) is 3.09. The van der Waals surface area contributed by atoms with Gasteiger partial charge in [-0.2, -0.15) is 0 Å². The molecule has 0 spiro atoms. The summed E-state index contributed by atoms with van der Waals surface area (Å²) in [6, 6.07) is 14.4. The molecule has 2 aliphatic heterocycles. The van der Waals surface area contributed by atoms with Crippen LogP contribution in [0.5, 0.6) is 0 Å². The van der Waals surface area contributed by atoms with Crippen molar-refractivity contribution in [3.8, 4) is 0 Å². The zero-order chi connectivity index (χ0) is 23.8. The second-order valence-corrected chi connectivity index (χ2v) is 10.6. The number of pyridine rings is 1. The number of nitrogens with zero attached hydrogens (tertiary/aromatic N) is 4. The van der Waals surface area contributed by atoms with Crippen LogP contribution in [0.4, 0.5) is 5.82 Å². The Labute approximate surface area is 208 Å². The molecule has 2 aliphatic rings. The summed E-state index contributed by atoms with van der Waals surface area (Å²) in [5, 5.41) is 0. The number of aromatic nitrogens is 2. The number of hydrogen-bond acceptors (Lipinski definition) is 6. The molecule has 34 heavy (non-hydrogen) atoms. The molecule has 2 aromatic heterocycles. The lowest BCUT2D eigenvalue weighted by Gasteiger charge is -2.33. The number of anilines is 1. The standard InChI is InChI=1S/C26H26N4O2S2/c1-17-7-6-12-30-22(17)27-23(20(24(30)31)16-21-25(32)28(2)26(33)34-21)29-13-10-19(11-14-29)15-18-8-4-3-5-9-18/h3-9,12,16,19H,10-11,13-15H2,1-2H3/b21-16-. The van der Waals surface area contributed by atoms with Gasteiger partial charge in [-0.3, -0.25) is 18.9 Å². The Kier molecular flexibility index (Phi) is 6.27. The molecule has 0 radical (unpaired) electrons. The van der Waals surface area contributed by atoms with Crippen molar-refractivity contribution in [2.45, 2.75) is 26.2 Å². The first kappa shape index (κ1) is 22.8. The van der Waals surface area contributed by atoms with Crippen LogP contribution in [0.15, 0.2) is 58.4 Å². The number of thiocarbonyl (C=S) groups is 1. The van der Waals surface area contributed by atoms with Crippen molar-refractivity contribution in [3.05, 3.63) is 80.6 Å². The highest BCUT2D eigenvalue weighted by atomic mass is 32.2. The molecule has 0 aliphatic carbocycles. The van der Waals surface area contributed by atoms with Gasteiger partial charge in [-0.05, 0) is 55.4 Å². The second-order valence-electron chi connectivity index (χ2n) is 8.90. The number of likely N-dealkylation sites (N-methyl/N-ethyl adjacent to an activating group) is 1. The van der Waals surface area contributed by atoms with E-state index in [1.807, 2.05) is 25.1 Å². The summed E-state index contributed by atoms with van der Waals surface area (Å²) in [6.45, 7) is 3.60. The highest BCUT2D eigenvalue weighted by Crippen LogP contribution is 2.33. The highest BCUT2D eigenvalue weighted by Gasteiger charge is 2.31. The molecule has 0 saturated carbocycles. The van der Waals surface area contributed by atoms with Gasteiger partial charge in [0.1, 0.15) is 15.8 Å². The molecule has 0 N–H and O–H groups in total. The lowest BCUT2D eigenvalue weighted by atomic mass is 9.90. The highest BCUT2D eigenvalue weighted by molar-refractivity contribution is 8.26. The molecule has 0 unspecified atom stereocenters. The van der Waals surface area contributed by atoms with E-state index in [0.29, 0.717) is 32.2 Å². The maximum atomic E-state index is 13.6. The van der Waals surface area contributed by atoms with Crippen LogP contribution in [-0.4, -0.2) is 44.6 Å². The number of carbonyl (C=O) groups is 1. The third-order valence-corrected chi connectivity index (χ3v) is 8.09. The maximum absolute atomic E-state index is 13.6. The van der Waals surface area contributed by atoms with Crippen LogP contribution in [0.1, 0.15) is 29.5 Å². The SMILES string of the molecule is Cc1cccn2c(=O)c(/C=C3\SC(=S)N(C)C3=O)c(N3CCC(Cc4ccccc4)CC3)nc12. The zero-order valence-corrected chi connectivity index (χ0v) is 20.9. The van der Waals surface area contributed by atoms with Crippen molar-refractivity contribution in [2.75, 3.05) is 25.0 Å². The molecular formula is C26H26N4O2S2. The van der Waals surface area contributed by atoms with Crippen LogP contribution in [0.2, 0.25) is 0 Å². The van der Waals surface area contributed by atoms with Gasteiger partial charge in [0.25, 0.3) is 11.5 Å². The Morgan fingerprint density at radius 3 is 2.53 bits per heavy atom. The number of rotatable bonds is 4. The van der Waals surface area contributed by atoms with E-state index in [-0.39, 0.29) is 11.5 Å². The summed E-state index contributed by atoms with van der Waals surface area (Å²) in [5.41, 5.74) is 3.22. The molecular weight excluding hydrogens is 464 g/mol. The van der Waals surface area contributed by atoms with Gasteiger partial charge in [-0.1, -0.05) is 60.4 Å². The number of hydrogen-bond donors (Lipinski definition) is 0. The van der Waals surface area contributed by atoms with Crippen LogP contribution in [0.25, 0.3) is 11.7 Å². The minimum Gasteiger partial charge on any atom is -0.356 e. The van der Waals surface area contributed by atoms with Crippen LogP contribution < -0.4 is 10.5 Å². The molecule has 2 saturated heterocycles. The van der Waals surface area contributed by atoms with E-state index in [2.05, 4.69) is 29.2 Å². The van der Waals surface area contributed by atoms with Gasteiger partial charge in [-0.25, -0.2) is 4.98 Å². The van der Waals surface area contributed by atoms with Crippen LogP contribution in [0, 0.1) is 12.8 Å². The van der Waals surface area contributed by atoms with E-state index in [0.717, 1.165) is 37.9 Å². The van der Waals surface area contributed by atoms with Crippen molar-refractivity contribution in [1.29, 1.82) is 0 Å². The van der Waals surface area contributed by atoms with Gasteiger partial charge in [0.05, 0.1) is 10.5 Å². The lowest BCUT2D eigenvalue weighted by Crippen LogP contribution is -2.37. The second kappa shape index (κ2) is 9.35. The Morgan fingerprint density at radius 2 is 1.85 bits per heavy atom. The van der Waals surface area contributed by atoms with Gasteiger partial charge >= 0.3 is 0 Å². The van der Waals surface area contributed by atoms with E-state index in [1.54, 1.807) is 23.7 Å². The molecule has 1 amide bonds. The van der Waals surface area contributed by atoms with Crippen molar-refractivity contribution in [2.24, 2.45) is 5.92 Å². The first-order valence-electron chi connectivity index (χ1n) is 11.4. The van der Waals surface area contributed by atoms with E-state index in [1.165, 1.54) is 22.2 Å². The number of amides is 1.